The van der Waals surface area contributed by atoms with Gasteiger partial charge in [-0.1, -0.05) is 0 Å². The van der Waals surface area contributed by atoms with Gasteiger partial charge in [0, 0.05) is 19.1 Å². The van der Waals surface area contributed by atoms with Crippen LogP contribution in [0.1, 0.15) is 25.1 Å². The number of nitrogens with two attached hydrogens (primary N) is 1. The van der Waals surface area contributed by atoms with E-state index in [1.54, 1.807) is 6.26 Å². The third-order valence-electron chi connectivity index (χ3n) is 2.76. The zero-order valence-corrected chi connectivity index (χ0v) is 7.94. The molecule has 72 valence electrons. The maximum absolute atomic E-state index is 5.84. The lowest BCUT2D eigenvalue weighted by molar-refractivity contribution is 0.229. The maximum Gasteiger partial charge on any atom is 0.120 e. The third-order valence-corrected chi connectivity index (χ3v) is 2.76. The molecule has 0 saturated carbocycles. The van der Waals surface area contributed by atoms with Crippen molar-refractivity contribution in [3.8, 4) is 0 Å². The first-order valence-electron chi connectivity index (χ1n) is 4.80. The first-order valence-corrected chi connectivity index (χ1v) is 4.80. The summed E-state index contributed by atoms with van der Waals surface area (Å²) in [5.74, 6) is 1.04. The summed E-state index contributed by atoms with van der Waals surface area (Å²) in [5, 5.41) is 0. The van der Waals surface area contributed by atoms with Gasteiger partial charge < -0.3 is 10.2 Å². The highest BCUT2D eigenvalue weighted by Crippen LogP contribution is 2.23. The molecule has 0 aromatic carbocycles. The van der Waals surface area contributed by atoms with Crippen molar-refractivity contribution >= 4 is 0 Å². The molecule has 1 aromatic heterocycles. The van der Waals surface area contributed by atoms with E-state index in [9.17, 15) is 0 Å². The molecule has 0 spiro atoms. The zero-order valence-electron chi connectivity index (χ0n) is 7.94. The summed E-state index contributed by atoms with van der Waals surface area (Å²) in [5.41, 5.74) is 5.84. The van der Waals surface area contributed by atoms with E-state index >= 15 is 0 Å². The molecule has 0 bridgehead atoms. The zero-order chi connectivity index (χ0) is 9.26. The molecule has 3 heteroatoms. The smallest absolute Gasteiger partial charge is 0.120 e. The molecule has 1 aliphatic rings. The van der Waals surface area contributed by atoms with Gasteiger partial charge in [-0.3, -0.25) is 4.90 Å². The second-order valence-corrected chi connectivity index (χ2v) is 3.74. The van der Waals surface area contributed by atoms with Crippen LogP contribution >= 0.6 is 0 Å². The molecule has 1 fully saturated rings. The summed E-state index contributed by atoms with van der Waals surface area (Å²) in [7, 11) is 0. The van der Waals surface area contributed by atoms with E-state index in [2.05, 4.69) is 11.8 Å². The fourth-order valence-corrected chi connectivity index (χ4v) is 1.88. The van der Waals surface area contributed by atoms with E-state index in [0.29, 0.717) is 12.1 Å². The molecular formula is C10H16N2O. The minimum absolute atomic E-state index is 0.345. The Morgan fingerprint density at radius 3 is 3.08 bits per heavy atom. The van der Waals surface area contributed by atoms with Crippen molar-refractivity contribution in [1.29, 1.82) is 0 Å². The molecule has 0 unspecified atom stereocenters. The van der Waals surface area contributed by atoms with Gasteiger partial charge >= 0.3 is 0 Å². The Hall–Kier alpha value is -0.800. The fourth-order valence-electron chi connectivity index (χ4n) is 1.88. The standard InChI is InChI=1S/C10H16N2O/c1-8(10-3-2-6-13-10)12-5-4-9(11)7-12/h2-3,6,8-9H,4-5,7,11H2,1H3/t8-,9+/m1/s1. The Labute approximate surface area is 78.5 Å². The van der Waals surface area contributed by atoms with Crippen LogP contribution in [-0.4, -0.2) is 24.0 Å². The molecule has 2 heterocycles. The Balaban J connectivity index is 2.02. The number of likely N-dealkylation sites (tertiary alicyclic amines) is 1. The number of hydrogen-bond donors (Lipinski definition) is 1. The first-order chi connectivity index (χ1) is 6.27. The summed E-state index contributed by atoms with van der Waals surface area (Å²) < 4.78 is 5.36. The minimum atomic E-state index is 0.345. The number of hydrogen-bond acceptors (Lipinski definition) is 3. The fraction of sp³-hybridized carbons (Fsp3) is 0.600. The third kappa shape index (κ3) is 1.76. The van der Waals surface area contributed by atoms with Gasteiger partial charge in [-0.05, 0) is 25.5 Å². The minimum Gasteiger partial charge on any atom is -0.468 e. The normalized spacial score (nSPS) is 26.5. The molecular weight excluding hydrogens is 164 g/mol. The van der Waals surface area contributed by atoms with Crippen molar-refractivity contribution < 1.29 is 4.42 Å². The van der Waals surface area contributed by atoms with Crippen molar-refractivity contribution in [2.24, 2.45) is 5.73 Å². The average molecular weight is 180 g/mol. The highest BCUT2D eigenvalue weighted by molar-refractivity contribution is 5.04. The molecule has 1 saturated heterocycles. The maximum atomic E-state index is 5.84. The molecule has 2 rings (SSSR count). The summed E-state index contributed by atoms with van der Waals surface area (Å²) in [6, 6.07) is 4.66. The summed E-state index contributed by atoms with van der Waals surface area (Å²) in [6.07, 6.45) is 2.83. The quantitative estimate of drug-likeness (QED) is 0.747. The van der Waals surface area contributed by atoms with Gasteiger partial charge in [0.25, 0.3) is 0 Å². The Morgan fingerprint density at radius 1 is 1.69 bits per heavy atom. The van der Waals surface area contributed by atoms with Crippen molar-refractivity contribution in [3.63, 3.8) is 0 Å². The van der Waals surface area contributed by atoms with Crippen molar-refractivity contribution in [2.75, 3.05) is 13.1 Å². The average Bonchev–Trinajstić information content (AvgIpc) is 2.72. The topological polar surface area (TPSA) is 42.4 Å². The van der Waals surface area contributed by atoms with Crippen LogP contribution in [0.3, 0.4) is 0 Å². The van der Waals surface area contributed by atoms with E-state index in [1.165, 1.54) is 0 Å². The molecule has 13 heavy (non-hydrogen) atoms. The Bertz CT molecular complexity index is 258. The Kier molecular flexibility index (Phi) is 2.38. The van der Waals surface area contributed by atoms with Crippen LogP contribution in [0.25, 0.3) is 0 Å². The monoisotopic (exact) mass is 180 g/mol. The molecule has 2 N–H and O–H groups in total. The summed E-state index contributed by atoms with van der Waals surface area (Å²) >= 11 is 0. The lowest BCUT2D eigenvalue weighted by Crippen LogP contribution is -2.28. The van der Waals surface area contributed by atoms with Gasteiger partial charge in [0.2, 0.25) is 0 Å². The predicted molar refractivity (Wildman–Crippen MR) is 51.3 cm³/mol. The van der Waals surface area contributed by atoms with Gasteiger partial charge in [0.05, 0.1) is 12.3 Å². The van der Waals surface area contributed by atoms with Crippen LogP contribution in [0.15, 0.2) is 22.8 Å². The van der Waals surface area contributed by atoms with Crippen LogP contribution in [0.4, 0.5) is 0 Å². The molecule has 2 atom stereocenters. The predicted octanol–water partition coefficient (Wildman–Crippen LogP) is 1.37. The summed E-state index contributed by atoms with van der Waals surface area (Å²) in [4.78, 5) is 2.36. The second kappa shape index (κ2) is 3.52. The van der Waals surface area contributed by atoms with E-state index in [4.69, 9.17) is 10.2 Å². The first kappa shape index (κ1) is 8.78. The van der Waals surface area contributed by atoms with Crippen LogP contribution in [0.2, 0.25) is 0 Å². The molecule has 0 aliphatic carbocycles. The van der Waals surface area contributed by atoms with Crippen molar-refractivity contribution in [2.45, 2.75) is 25.4 Å². The van der Waals surface area contributed by atoms with E-state index < -0.39 is 0 Å². The van der Waals surface area contributed by atoms with Crippen LogP contribution < -0.4 is 5.73 Å². The van der Waals surface area contributed by atoms with E-state index in [1.807, 2.05) is 12.1 Å². The number of furan rings is 1. The molecule has 0 amide bonds. The van der Waals surface area contributed by atoms with Crippen molar-refractivity contribution in [3.05, 3.63) is 24.2 Å². The molecule has 1 aromatic rings. The number of rotatable bonds is 2. The van der Waals surface area contributed by atoms with Gasteiger partial charge in [-0.15, -0.1) is 0 Å². The SMILES string of the molecule is C[C@H](c1ccco1)N1CC[C@H](N)C1. The van der Waals surface area contributed by atoms with E-state index in [-0.39, 0.29) is 0 Å². The van der Waals surface area contributed by atoms with Gasteiger partial charge in [-0.2, -0.15) is 0 Å². The Morgan fingerprint density at radius 2 is 2.54 bits per heavy atom. The van der Waals surface area contributed by atoms with Crippen LogP contribution in [0.5, 0.6) is 0 Å². The lowest BCUT2D eigenvalue weighted by atomic mass is 10.2. The molecule has 0 radical (unpaired) electrons. The van der Waals surface area contributed by atoms with E-state index in [0.717, 1.165) is 25.3 Å². The summed E-state index contributed by atoms with van der Waals surface area (Å²) in [6.45, 7) is 4.24. The molecule has 3 nitrogen and oxygen atoms in total. The second-order valence-electron chi connectivity index (χ2n) is 3.74. The lowest BCUT2D eigenvalue weighted by Gasteiger charge is -2.21. The van der Waals surface area contributed by atoms with Gasteiger partial charge in [0.1, 0.15) is 5.76 Å². The van der Waals surface area contributed by atoms with Crippen LogP contribution in [-0.2, 0) is 0 Å². The number of nitrogens with zero attached hydrogens (tertiary/aromatic N) is 1. The van der Waals surface area contributed by atoms with Gasteiger partial charge in [0.15, 0.2) is 0 Å². The van der Waals surface area contributed by atoms with Gasteiger partial charge in [-0.25, -0.2) is 0 Å². The highest BCUT2D eigenvalue weighted by Gasteiger charge is 2.25. The largest absolute Gasteiger partial charge is 0.468 e. The van der Waals surface area contributed by atoms with Crippen LogP contribution in [0, 0.1) is 0 Å². The highest BCUT2D eigenvalue weighted by atomic mass is 16.3. The molecule has 1 aliphatic heterocycles. The van der Waals surface area contributed by atoms with Crippen molar-refractivity contribution in [1.82, 2.24) is 4.90 Å².